The Labute approximate surface area is 106 Å². The van der Waals surface area contributed by atoms with Gasteiger partial charge in [0.1, 0.15) is 15.0 Å². The van der Waals surface area contributed by atoms with Gasteiger partial charge in [-0.05, 0) is 41.4 Å². The normalized spacial score (nSPS) is 23.0. The highest BCUT2D eigenvalue weighted by Crippen LogP contribution is 2.45. The van der Waals surface area contributed by atoms with E-state index >= 15 is 0 Å². The van der Waals surface area contributed by atoms with Crippen molar-refractivity contribution in [3.05, 3.63) is 20.3 Å². The van der Waals surface area contributed by atoms with Gasteiger partial charge in [0.15, 0.2) is 0 Å². The van der Waals surface area contributed by atoms with E-state index in [0.29, 0.717) is 28.4 Å². The number of aliphatic hydroxyl groups is 1. The highest BCUT2D eigenvalue weighted by atomic mass is 127. The first-order valence-corrected chi connectivity index (χ1v) is 6.38. The first-order valence-electron chi connectivity index (χ1n) is 5.31. The number of rotatable bonds is 2. The second-order valence-electron chi connectivity index (χ2n) is 4.60. The van der Waals surface area contributed by atoms with Crippen LogP contribution in [0.5, 0.6) is 0 Å². The van der Waals surface area contributed by atoms with Gasteiger partial charge in [0.25, 0.3) is 5.56 Å². The third-order valence-electron chi connectivity index (χ3n) is 3.34. The molecular weight excluding hydrogens is 321 g/mol. The van der Waals surface area contributed by atoms with Crippen molar-refractivity contribution >= 4 is 28.4 Å². The Hall–Kier alpha value is -0.630. The van der Waals surface area contributed by atoms with Crippen molar-refractivity contribution in [2.45, 2.75) is 18.4 Å². The van der Waals surface area contributed by atoms with Gasteiger partial charge in [0, 0.05) is 0 Å². The van der Waals surface area contributed by atoms with Crippen molar-refractivity contribution in [3.63, 3.8) is 0 Å². The summed E-state index contributed by atoms with van der Waals surface area (Å²) < 4.78 is 0.595. The number of nitrogens with zero attached hydrogens (tertiary/aromatic N) is 2. The Kier molecular flexibility index (Phi) is 2.25. The van der Waals surface area contributed by atoms with Crippen molar-refractivity contribution < 1.29 is 5.11 Å². The molecule has 6 heteroatoms. The van der Waals surface area contributed by atoms with Crippen molar-refractivity contribution in [2.75, 3.05) is 18.0 Å². The molecule has 0 atom stereocenters. The number of halogens is 1. The molecule has 2 heterocycles. The maximum absolute atomic E-state index is 11.4. The van der Waals surface area contributed by atoms with E-state index < -0.39 is 5.60 Å². The van der Waals surface area contributed by atoms with Gasteiger partial charge in [0.05, 0.1) is 19.4 Å². The highest BCUT2D eigenvalue weighted by molar-refractivity contribution is 14.1. The summed E-state index contributed by atoms with van der Waals surface area (Å²) in [5, 5.41) is 10.2. The van der Waals surface area contributed by atoms with Crippen LogP contribution in [0.2, 0.25) is 0 Å². The maximum Gasteiger partial charge on any atom is 0.266 e. The molecule has 1 aromatic rings. The van der Waals surface area contributed by atoms with E-state index in [9.17, 15) is 9.90 Å². The highest BCUT2D eigenvalue weighted by Gasteiger charge is 2.52. The molecule has 1 aromatic heterocycles. The van der Waals surface area contributed by atoms with Crippen LogP contribution in [-0.4, -0.2) is 33.8 Å². The van der Waals surface area contributed by atoms with Gasteiger partial charge < -0.3 is 15.0 Å². The number of H-pyrrole nitrogens is 1. The van der Waals surface area contributed by atoms with Crippen LogP contribution >= 0.6 is 22.6 Å². The lowest BCUT2D eigenvalue weighted by Gasteiger charge is -2.47. The molecule has 2 fully saturated rings. The Balaban J connectivity index is 1.81. The van der Waals surface area contributed by atoms with Crippen LogP contribution < -0.4 is 10.5 Å². The van der Waals surface area contributed by atoms with Crippen LogP contribution in [0.25, 0.3) is 0 Å². The van der Waals surface area contributed by atoms with Gasteiger partial charge in [0.2, 0.25) is 0 Å². The van der Waals surface area contributed by atoms with E-state index in [0.717, 1.165) is 12.8 Å². The molecule has 0 unspecified atom stereocenters. The summed E-state index contributed by atoms with van der Waals surface area (Å²) >= 11 is 1.99. The standard InChI is InChI=1S/C10H12IN3O2/c11-7-8(12-5-13-9(7)15)14-3-10(16,4-14)6-1-2-6/h5-6,16H,1-4H2,(H,12,13,15). The molecule has 1 aliphatic heterocycles. The second kappa shape index (κ2) is 3.43. The third-order valence-corrected chi connectivity index (χ3v) is 4.32. The van der Waals surface area contributed by atoms with E-state index in [-0.39, 0.29) is 5.56 Å². The summed E-state index contributed by atoms with van der Waals surface area (Å²) in [6.45, 7) is 1.20. The van der Waals surface area contributed by atoms with Crippen LogP contribution in [0.3, 0.4) is 0 Å². The zero-order valence-corrected chi connectivity index (χ0v) is 10.8. The molecule has 0 bridgehead atoms. The minimum Gasteiger partial charge on any atom is -0.386 e. The average molecular weight is 333 g/mol. The molecule has 5 nitrogen and oxygen atoms in total. The Morgan fingerprint density at radius 1 is 1.56 bits per heavy atom. The van der Waals surface area contributed by atoms with E-state index in [2.05, 4.69) is 9.97 Å². The number of hydrogen-bond acceptors (Lipinski definition) is 4. The van der Waals surface area contributed by atoms with Crippen LogP contribution in [0.4, 0.5) is 5.82 Å². The van der Waals surface area contributed by atoms with E-state index in [1.807, 2.05) is 27.5 Å². The van der Waals surface area contributed by atoms with Gasteiger partial charge in [-0.1, -0.05) is 0 Å². The van der Waals surface area contributed by atoms with Crippen molar-refractivity contribution in [2.24, 2.45) is 5.92 Å². The number of hydrogen-bond donors (Lipinski definition) is 2. The lowest BCUT2D eigenvalue weighted by Crippen LogP contribution is -2.64. The average Bonchev–Trinajstić information content (AvgIpc) is 3.01. The van der Waals surface area contributed by atoms with Crippen LogP contribution in [0.1, 0.15) is 12.8 Å². The summed E-state index contributed by atoms with van der Waals surface area (Å²) in [7, 11) is 0. The van der Waals surface area contributed by atoms with Gasteiger partial charge in [-0.2, -0.15) is 0 Å². The summed E-state index contributed by atoms with van der Waals surface area (Å²) in [6.07, 6.45) is 3.67. The fourth-order valence-corrected chi connectivity index (χ4v) is 2.87. The quantitative estimate of drug-likeness (QED) is 0.766. The topological polar surface area (TPSA) is 69.2 Å². The molecule has 1 saturated carbocycles. The molecule has 0 radical (unpaired) electrons. The molecule has 1 aliphatic carbocycles. The van der Waals surface area contributed by atoms with Crippen molar-refractivity contribution in [1.82, 2.24) is 9.97 Å². The zero-order chi connectivity index (χ0) is 11.3. The maximum atomic E-state index is 11.4. The zero-order valence-electron chi connectivity index (χ0n) is 8.61. The number of aromatic nitrogens is 2. The molecule has 0 spiro atoms. The summed E-state index contributed by atoms with van der Waals surface area (Å²) in [4.78, 5) is 20.1. The van der Waals surface area contributed by atoms with Crippen LogP contribution in [0.15, 0.2) is 11.1 Å². The third kappa shape index (κ3) is 1.55. The monoisotopic (exact) mass is 333 g/mol. The molecule has 86 valence electrons. The van der Waals surface area contributed by atoms with Crippen LogP contribution in [-0.2, 0) is 0 Å². The minimum absolute atomic E-state index is 0.118. The SMILES string of the molecule is O=c1[nH]cnc(N2CC(O)(C3CC3)C2)c1I. The first kappa shape index (κ1) is 10.5. The molecule has 1 saturated heterocycles. The Bertz CT molecular complexity index is 477. The van der Waals surface area contributed by atoms with E-state index in [1.165, 1.54) is 6.33 Å². The van der Waals surface area contributed by atoms with Gasteiger partial charge in [-0.25, -0.2) is 4.98 Å². The molecule has 0 aromatic carbocycles. The molecule has 3 rings (SSSR count). The number of nitrogens with one attached hydrogen (secondary N) is 1. The lowest BCUT2D eigenvalue weighted by atomic mass is 9.89. The fraction of sp³-hybridized carbons (Fsp3) is 0.600. The summed E-state index contributed by atoms with van der Waals surface area (Å²) in [5.74, 6) is 1.15. The number of anilines is 1. The first-order chi connectivity index (χ1) is 7.60. The smallest absolute Gasteiger partial charge is 0.266 e. The minimum atomic E-state index is -0.534. The Morgan fingerprint density at radius 2 is 2.25 bits per heavy atom. The summed E-state index contributed by atoms with van der Waals surface area (Å²) in [5.41, 5.74) is -0.652. The molecule has 16 heavy (non-hydrogen) atoms. The summed E-state index contributed by atoms with van der Waals surface area (Å²) in [6, 6.07) is 0. The van der Waals surface area contributed by atoms with E-state index in [1.54, 1.807) is 0 Å². The van der Waals surface area contributed by atoms with Gasteiger partial charge in [-0.3, -0.25) is 4.79 Å². The van der Waals surface area contributed by atoms with Crippen molar-refractivity contribution in [3.8, 4) is 0 Å². The van der Waals surface area contributed by atoms with E-state index in [4.69, 9.17) is 0 Å². The number of β-amino-alcohol motifs (C(OH)–C–C–N with tert-alkyl or cyclic N) is 1. The predicted octanol–water partition coefficient (Wildman–Crippen LogP) is 0.336. The molecule has 2 aliphatic rings. The van der Waals surface area contributed by atoms with Gasteiger partial charge >= 0.3 is 0 Å². The predicted molar refractivity (Wildman–Crippen MR) is 67.5 cm³/mol. The van der Waals surface area contributed by atoms with Crippen LogP contribution in [0, 0.1) is 9.49 Å². The second-order valence-corrected chi connectivity index (χ2v) is 5.68. The molecular formula is C10H12IN3O2. The number of aromatic amines is 1. The largest absolute Gasteiger partial charge is 0.386 e. The van der Waals surface area contributed by atoms with Gasteiger partial charge in [-0.15, -0.1) is 0 Å². The molecule has 0 amide bonds. The Morgan fingerprint density at radius 3 is 2.88 bits per heavy atom. The fourth-order valence-electron chi connectivity index (χ4n) is 2.24. The van der Waals surface area contributed by atoms with Crippen molar-refractivity contribution in [1.29, 1.82) is 0 Å². The molecule has 2 N–H and O–H groups in total. The lowest BCUT2D eigenvalue weighted by molar-refractivity contribution is -0.00985.